The first-order valence-corrected chi connectivity index (χ1v) is 14.5. The normalized spacial score (nSPS) is 14.8. The first-order valence-electron chi connectivity index (χ1n) is 13.8. The lowest BCUT2D eigenvalue weighted by Crippen LogP contribution is -2.41. The maximum Gasteiger partial charge on any atom is 0.262 e. The Bertz CT molecular complexity index is 1740. The highest BCUT2D eigenvalue weighted by Crippen LogP contribution is 2.37. The van der Waals surface area contributed by atoms with E-state index in [2.05, 4.69) is 11.0 Å². The van der Waals surface area contributed by atoms with E-state index in [0.29, 0.717) is 35.2 Å². The van der Waals surface area contributed by atoms with Gasteiger partial charge in [0.2, 0.25) is 5.91 Å². The number of rotatable bonds is 7. The van der Waals surface area contributed by atoms with Gasteiger partial charge in [-0.25, -0.2) is 4.98 Å². The largest absolute Gasteiger partial charge is 0.487 e. The fraction of sp³-hybridized carbons (Fsp3) is 0.250. The predicted octanol–water partition coefficient (Wildman–Crippen LogP) is 5.52. The molecule has 0 saturated carbocycles. The quantitative estimate of drug-likeness (QED) is 0.252. The number of imide groups is 1. The lowest BCUT2D eigenvalue weighted by molar-refractivity contribution is -0.118. The summed E-state index contributed by atoms with van der Waals surface area (Å²) in [5.74, 6) is -0.929. The maximum absolute atomic E-state index is 13.2. The molecule has 0 N–H and O–H groups in total. The van der Waals surface area contributed by atoms with Gasteiger partial charge in [0.25, 0.3) is 11.8 Å². The molecule has 9 nitrogen and oxygen atoms in total. The minimum atomic E-state index is -0.505. The van der Waals surface area contributed by atoms with Gasteiger partial charge in [0.05, 0.1) is 35.1 Å². The van der Waals surface area contributed by atoms with Crippen molar-refractivity contribution in [3.05, 3.63) is 93.1 Å². The van der Waals surface area contributed by atoms with E-state index in [-0.39, 0.29) is 22.8 Å². The second-order valence-corrected chi connectivity index (χ2v) is 11.2. The fourth-order valence-electron chi connectivity index (χ4n) is 5.40. The molecule has 11 heteroatoms. The van der Waals surface area contributed by atoms with Crippen molar-refractivity contribution >= 4 is 63.2 Å². The zero-order valence-corrected chi connectivity index (χ0v) is 25.1. The summed E-state index contributed by atoms with van der Waals surface area (Å²) < 4.78 is 11.8. The Morgan fingerprint density at radius 1 is 1.00 bits per heavy atom. The third kappa shape index (κ3) is 5.40. The van der Waals surface area contributed by atoms with Crippen LogP contribution in [0.15, 0.2) is 60.7 Å². The van der Waals surface area contributed by atoms with E-state index in [9.17, 15) is 14.4 Å². The van der Waals surface area contributed by atoms with Crippen LogP contribution in [0.3, 0.4) is 0 Å². The summed E-state index contributed by atoms with van der Waals surface area (Å²) >= 11 is 13.3. The number of ether oxygens (including phenoxy) is 2. The Morgan fingerprint density at radius 3 is 2.40 bits per heavy atom. The van der Waals surface area contributed by atoms with Gasteiger partial charge in [0.15, 0.2) is 0 Å². The average Bonchev–Trinajstić information content (AvgIpc) is 3.25. The van der Waals surface area contributed by atoms with Crippen molar-refractivity contribution in [1.82, 2.24) is 9.88 Å². The molecule has 0 aliphatic carbocycles. The highest BCUT2D eigenvalue weighted by atomic mass is 35.5. The summed E-state index contributed by atoms with van der Waals surface area (Å²) in [6.45, 7) is 4.46. The van der Waals surface area contributed by atoms with Crippen LogP contribution in [-0.4, -0.2) is 67.5 Å². The van der Waals surface area contributed by atoms with Crippen LogP contribution in [0.5, 0.6) is 5.75 Å². The van der Waals surface area contributed by atoms with Gasteiger partial charge in [-0.3, -0.25) is 19.3 Å². The lowest BCUT2D eigenvalue weighted by Gasteiger charge is -2.30. The number of anilines is 2. The van der Waals surface area contributed by atoms with Crippen LogP contribution in [0.1, 0.15) is 32.0 Å². The fourth-order valence-corrected chi connectivity index (χ4v) is 6.00. The van der Waals surface area contributed by atoms with Gasteiger partial charge in [-0.15, -0.1) is 0 Å². The molecule has 2 aliphatic rings. The molecule has 1 saturated heterocycles. The molecule has 3 aromatic carbocycles. The summed E-state index contributed by atoms with van der Waals surface area (Å²) in [5, 5.41) is 1.56. The molecule has 2 aliphatic heterocycles. The number of hydrogen-bond donors (Lipinski definition) is 0. The van der Waals surface area contributed by atoms with E-state index in [1.165, 1.54) is 11.9 Å². The molecule has 0 spiro atoms. The number of aryl methyl sites for hydroxylation is 1. The standard InChI is InChI=1S/C32H28Cl2N4O5/c1-19-16-26(37-12-14-42-15-13-37)22-8-5-9-27(30(22)35-19)43-18-23-24(33)10-11-25(29(23)34)36(2)28(39)17-38-31(40)20-6-3-4-7-21(20)32(38)41/h3-11,16H,12-15,17-18H2,1-2H3. The number of amides is 3. The van der Waals surface area contributed by atoms with E-state index in [1.807, 2.05) is 25.1 Å². The van der Waals surface area contributed by atoms with Crippen molar-refractivity contribution in [3.63, 3.8) is 0 Å². The van der Waals surface area contributed by atoms with Gasteiger partial charge in [0, 0.05) is 47.5 Å². The topological polar surface area (TPSA) is 92.3 Å². The number of hydrogen-bond acceptors (Lipinski definition) is 7. The number of halogens is 2. The van der Waals surface area contributed by atoms with Gasteiger partial charge in [-0.2, -0.15) is 0 Å². The smallest absolute Gasteiger partial charge is 0.262 e. The number of fused-ring (bicyclic) bond motifs is 2. The van der Waals surface area contributed by atoms with Crippen molar-refractivity contribution in [2.45, 2.75) is 13.5 Å². The van der Waals surface area contributed by atoms with Crippen LogP contribution in [0.4, 0.5) is 11.4 Å². The average molecular weight is 620 g/mol. The first-order chi connectivity index (χ1) is 20.7. The molecular weight excluding hydrogens is 591 g/mol. The minimum absolute atomic E-state index is 0.0214. The summed E-state index contributed by atoms with van der Waals surface area (Å²) in [4.78, 5) is 48.1. The predicted molar refractivity (Wildman–Crippen MR) is 166 cm³/mol. The lowest BCUT2D eigenvalue weighted by atomic mass is 10.1. The first kappa shape index (κ1) is 28.9. The van der Waals surface area contributed by atoms with Crippen molar-refractivity contribution in [1.29, 1.82) is 0 Å². The number of carbonyl (C=O) groups excluding carboxylic acids is 3. The van der Waals surface area contributed by atoms with Crippen LogP contribution in [0.25, 0.3) is 10.9 Å². The van der Waals surface area contributed by atoms with Gasteiger partial charge in [-0.1, -0.05) is 47.5 Å². The number of morpholine rings is 1. The van der Waals surface area contributed by atoms with Crippen LogP contribution in [0.2, 0.25) is 10.0 Å². The zero-order chi connectivity index (χ0) is 30.2. The van der Waals surface area contributed by atoms with Gasteiger partial charge >= 0.3 is 0 Å². The Hall–Kier alpha value is -4.18. The second kappa shape index (κ2) is 11.8. The highest BCUT2D eigenvalue weighted by Gasteiger charge is 2.37. The highest BCUT2D eigenvalue weighted by molar-refractivity contribution is 6.38. The van der Waals surface area contributed by atoms with E-state index in [4.69, 9.17) is 37.7 Å². The molecule has 0 radical (unpaired) electrons. The number of aromatic nitrogens is 1. The molecule has 4 aromatic rings. The molecule has 3 heterocycles. The van der Waals surface area contributed by atoms with Crippen LogP contribution in [-0.2, 0) is 16.1 Å². The number of likely N-dealkylation sites (N-methyl/N-ethyl adjacent to an activating group) is 1. The molecule has 3 amide bonds. The molecule has 43 heavy (non-hydrogen) atoms. The summed E-state index contributed by atoms with van der Waals surface area (Å²) in [7, 11) is 1.53. The van der Waals surface area contributed by atoms with Gasteiger partial charge in [0.1, 0.15) is 24.4 Å². The monoisotopic (exact) mass is 618 g/mol. The Morgan fingerprint density at radius 2 is 1.70 bits per heavy atom. The molecule has 0 bridgehead atoms. The molecule has 0 unspecified atom stereocenters. The maximum atomic E-state index is 13.2. The molecule has 6 rings (SSSR count). The molecule has 220 valence electrons. The Kier molecular flexibility index (Phi) is 7.96. The number of para-hydroxylation sites is 1. The number of benzene rings is 3. The third-order valence-electron chi connectivity index (χ3n) is 7.71. The second-order valence-electron chi connectivity index (χ2n) is 10.4. The van der Waals surface area contributed by atoms with Crippen LogP contribution >= 0.6 is 23.2 Å². The van der Waals surface area contributed by atoms with Crippen LogP contribution in [0, 0.1) is 6.92 Å². The molecule has 1 fully saturated rings. The molecular formula is C32H28Cl2N4O5. The van der Waals surface area contributed by atoms with Gasteiger partial charge < -0.3 is 19.3 Å². The number of pyridine rings is 1. The van der Waals surface area contributed by atoms with E-state index < -0.39 is 24.3 Å². The van der Waals surface area contributed by atoms with Crippen molar-refractivity contribution in [2.24, 2.45) is 0 Å². The van der Waals surface area contributed by atoms with E-state index in [0.717, 1.165) is 40.3 Å². The number of carbonyl (C=O) groups is 3. The SMILES string of the molecule is Cc1cc(N2CCOCC2)c2cccc(OCc3c(Cl)ccc(N(C)C(=O)CN4C(=O)c5ccccc5C4=O)c3Cl)c2n1. The van der Waals surface area contributed by atoms with Gasteiger partial charge in [-0.05, 0) is 43.3 Å². The minimum Gasteiger partial charge on any atom is -0.487 e. The Balaban J connectivity index is 1.23. The Labute approximate surface area is 258 Å². The summed E-state index contributed by atoms with van der Waals surface area (Å²) in [6.07, 6.45) is 0. The third-order valence-corrected chi connectivity index (χ3v) is 8.48. The molecule has 1 aromatic heterocycles. The zero-order valence-electron chi connectivity index (χ0n) is 23.6. The number of nitrogens with zero attached hydrogens (tertiary/aromatic N) is 4. The van der Waals surface area contributed by atoms with E-state index >= 15 is 0 Å². The van der Waals surface area contributed by atoms with Crippen molar-refractivity contribution in [3.8, 4) is 5.75 Å². The molecule has 0 atom stereocenters. The summed E-state index contributed by atoms with van der Waals surface area (Å²) in [5.41, 5.74) is 4.07. The van der Waals surface area contributed by atoms with Crippen molar-refractivity contribution < 1.29 is 23.9 Å². The van der Waals surface area contributed by atoms with E-state index in [1.54, 1.807) is 36.4 Å². The summed E-state index contributed by atoms with van der Waals surface area (Å²) in [6, 6.07) is 17.6. The van der Waals surface area contributed by atoms with Crippen molar-refractivity contribution in [2.75, 3.05) is 49.7 Å². The van der Waals surface area contributed by atoms with Crippen LogP contribution < -0.4 is 14.5 Å².